The van der Waals surface area contributed by atoms with Gasteiger partial charge >= 0.3 is 0 Å². The van der Waals surface area contributed by atoms with E-state index < -0.39 is 0 Å². The first-order chi connectivity index (χ1) is 18.8. The van der Waals surface area contributed by atoms with Crippen LogP contribution in [0.2, 0.25) is 0 Å². The van der Waals surface area contributed by atoms with Gasteiger partial charge in [0.25, 0.3) is 11.8 Å². The minimum atomic E-state index is -0.192. The van der Waals surface area contributed by atoms with Crippen LogP contribution >= 0.6 is 0 Å². The van der Waals surface area contributed by atoms with E-state index in [2.05, 4.69) is 20.6 Å². The normalized spacial score (nSPS) is 10.8. The Balaban J connectivity index is 1.26. The Bertz CT molecular complexity index is 1620. The molecule has 39 heavy (non-hydrogen) atoms. The van der Waals surface area contributed by atoms with Crippen LogP contribution in [0.5, 0.6) is 0 Å². The summed E-state index contributed by atoms with van der Waals surface area (Å²) in [6.07, 6.45) is 0. The van der Waals surface area contributed by atoms with E-state index in [1.807, 2.05) is 117 Å². The quantitative estimate of drug-likeness (QED) is 0.251. The number of aromatic amines is 1. The Morgan fingerprint density at radius 1 is 0.641 bits per heavy atom. The van der Waals surface area contributed by atoms with Crippen LogP contribution in [-0.2, 0) is 0 Å². The molecule has 2 amide bonds. The summed E-state index contributed by atoms with van der Waals surface area (Å²) in [6, 6.07) is 28.0. The average Bonchev–Trinajstić information content (AvgIpc) is 3.37. The topological polar surface area (TPSA) is 93.4 Å². The molecular formula is C31H30N6O2. The van der Waals surface area contributed by atoms with Crippen LogP contribution < -0.4 is 20.4 Å². The van der Waals surface area contributed by atoms with E-state index >= 15 is 0 Å². The molecular weight excluding hydrogens is 488 g/mol. The first-order valence-corrected chi connectivity index (χ1v) is 12.5. The summed E-state index contributed by atoms with van der Waals surface area (Å²) in [5.41, 5.74) is 7.02. The summed E-state index contributed by atoms with van der Waals surface area (Å²) in [7, 11) is 7.86. The number of aromatic nitrogens is 2. The number of benzene rings is 4. The van der Waals surface area contributed by atoms with Crippen LogP contribution in [-0.4, -0.2) is 50.0 Å². The van der Waals surface area contributed by atoms with E-state index in [4.69, 9.17) is 0 Å². The molecule has 0 fully saturated rings. The van der Waals surface area contributed by atoms with Gasteiger partial charge in [-0.2, -0.15) is 0 Å². The van der Waals surface area contributed by atoms with Crippen LogP contribution in [0.25, 0.3) is 22.4 Å². The summed E-state index contributed by atoms with van der Waals surface area (Å²) in [6.45, 7) is 0. The fourth-order valence-corrected chi connectivity index (χ4v) is 4.16. The van der Waals surface area contributed by atoms with E-state index in [0.717, 1.165) is 33.7 Å². The van der Waals surface area contributed by atoms with Crippen molar-refractivity contribution < 1.29 is 9.59 Å². The molecule has 0 aliphatic heterocycles. The number of nitrogens with zero attached hydrogens (tertiary/aromatic N) is 3. The highest BCUT2D eigenvalue weighted by molar-refractivity contribution is 6.06. The number of rotatable bonds is 7. The number of imidazole rings is 1. The smallest absolute Gasteiger partial charge is 0.255 e. The Hall–Kier alpha value is -5.11. The molecule has 0 saturated heterocycles. The fraction of sp³-hybridized carbons (Fsp3) is 0.129. The molecule has 8 heteroatoms. The van der Waals surface area contributed by atoms with Crippen molar-refractivity contribution in [1.82, 2.24) is 9.97 Å². The van der Waals surface area contributed by atoms with Crippen molar-refractivity contribution in [2.45, 2.75) is 0 Å². The maximum Gasteiger partial charge on any atom is 0.255 e. The largest absolute Gasteiger partial charge is 0.378 e. The van der Waals surface area contributed by atoms with Crippen molar-refractivity contribution in [1.29, 1.82) is 0 Å². The number of carbonyl (C=O) groups excluding carboxylic acids is 2. The molecule has 1 aromatic heterocycles. The maximum absolute atomic E-state index is 12.8. The third-order valence-electron chi connectivity index (χ3n) is 6.45. The Kier molecular flexibility index (Phi) is 7.01. The SMILES string of the molecule is CN(C)c1ccc(NC(=O)c2ccc3nc(-c4ccc(NC(=O)c5ccc(N(C)C)cc5)cc4)[nH]c3c2)cc1. The average molecular weight is 519 g/mol. The van der Waals surface area contributed by atoms with Gasteiger partial charge in [-0.05, 0) is 91.0 Å². The molecule has 0 spiro atoms. The van der Waals surface area contributed by atoms with Gasteiger partial charge in [0.15, 0.2) is 0 Å². The predicted molar refractivity (Wildman–Crippen MR) is 159 cm³/mol. The molecule has 0 atom stereocenters. The summed E-state index contributed by atoms with van der Waals surface area (Å²) in [5.74, 6) is 0.317. The zero-order valence-electron chi connectivity index (χ0n) is 22.3. The summed E-state index contributed by atoms with van der Waals surface area (Å²) < 4.78 is 0. The number of hydrogen-bond donors (Lipinski definition) is 3. The van der Waals surface area contributed by atoms with Crippen LogP contribution in [0, 0.1) is 0 Å². The fourth-order valence-electron chi connectivity index (χ4n) is 4.16. The molecule has 0 radical (unpaired) electrons. The Labute approximate surface area is 227 Å². The zero-order valence-corrected chi connectivity index (χ0v) is 22.3. The van der Waals surface area contributed by atoms with Gasteiger partial charge in [0.2, 0.25) is 0 Å². The second kappa shape index (κ2) is 10.7. The molecule has 196 valence electrons. The molecule has 0 saturated carbocycles. The standard InChI is InChI=1S/C31H30N6O2/c1-36(2)25-14-7-21(8-15-25)30(38)32-23-10-5-20(6-11-23)29-34-27-18-9-22(19-28(27)35-29)31(39)33-24-12-16-26(17-13-24)37(3)4/h5-19H,1-4H3,(H,32,38)(H,33,39)(H,34,35). The van der Waals surface area contributed by atoms with Gasteiger partial charge in [-0.3, -0.25) is 9.59 Å². The van der Waals surface area contributed by atoms with Crippen LogP contribution in [0.4, 0.5) is 22.7 Å². The van der Waals surface area contributed by atoms with E-state index in [9.17, 15) is 9.59 Å². The molecule has 4 aromatic carbocycles. The number of carbonyl (C=O) groups is 2. The zero-order chi connectivity index (χ0) is 27.5. The van der Waals surface area contributed by atoms with Crippen LogP contribution in [0.15, 0.2) is 91.0 Å². The van der Waals surface area contributed by atoms with Crippen molar-refractivity contribution >= 4 is 45.6 Å². The van der Waals surface area contributed by atoms with Gasteiger partial charge in [-0.25, -0.2) is 4.98 Å². The highest BCUT2D eigenvalue weighted by Gasteiger charge is 2.12. The monoisotopic (exact) mass is 518 g/mol. The maximum atomic E-state index is 12.8. The second-order valence-corrected chi connectivity index (χ2v) is 9.69. The van der Waals surface area contributed by atoms with Crippen LogP contribution in [0.3, 0.4) is 0 Å². The number of fused-ring (bicyclic) bond motifs is 1. The third kappa shape index (κ3) is 5.75. The molecule has 0 bridgehead atoms. The van der Waals surface area contributed by atoms with E-state index in [1.54, 1.807) is 12.1 Å². The number of nitrogens with one attached hydrogen (secondary N) is 3. The molecule has 0 unspecified atom stereocenters. The van der Waals surface area contributed by atoms with Gasteiger partial charge < -0.3 is 25.4 Å². The van der Waals surface area contributed by atoms with Crippen molar-refractivity contribution in [3.05, 3.63) is 102 Å². The number of hydrogen-bond acceptors (Lipinski definition) is 5. The lowest BCUT2D eigenvalue weighted by Gasteiger charge is -2.13. The molecule has 5 aromatic rings. The van der Waals surface area contributed by atoms with E-state index in [-0.39, 0.29) is 11.8 Å². The number of amides is 2. The van der Waals surface area contributed by atoms with Gasteiger partial charge in [0, 0.05) is 67.6 Å². The Morgan fingerprint density at radius 3 is 1.69 bits per heavy atom. The van der Waals surface area contributed by atoms with Crippen molar-refractivity contribution in [2.75, 3.05) is 48.6 Å². The first-order valence-electron chi connectivity index (χ1n) is 12.5. The lowest BCUT2D eigenvalue weighted by molar-refractivity contribution is 0.101. The summed E-state index contributed by atoms with van der Waals surface area (Å²) in [5, 5.41) is 5.87. The van der Waals surface area contributed by atoms with E-state index in [0.29, 0.717) is 22.6 Å². The lowest BCUT2D eigenvalue weighted by Crippen LogP contribution is -2.13. The molecule has 8 nitrogen and oxygen atoms in total. The molecule has 5 rings (SSSR count). The molecule has 0 aliphatic carbocycles. The summed E-state index contributed by atoms with van der Waals surface area (Å²) in [4.78, 5) is 37.4. The van der Waals surface area contributed by atoms with Crippen LogP contribution in [0.1, 0.15) is 20.7 Å². The van der Waals surface area contributed by atoms with Gasteiger partial charge in [0.05, 0.1) is 11.0 Å². The highest BCUT2D eigenvalue weighted by atomic mass is 16.2. The molecule has 0 aliphatic rings. The third-order valence-corrected chi connectivity index (χ3v) is 6.45. The van der Waals surface area contributed by atoms with E-state index in [1.165, 1.54) is 0 Å². The van der Waals surface area contributed by atoms with Crippen molar-refractivity contribution in [2.24, 2.45) is 0 Å². The van der Waals surface area contributed by atoms with Gasteiger partial charge in [-0.1, -0.05) is 0 Å². The van der Waals surface area contributed by atoms with Crippen molar-refractivity contribution in [3.8, 4) is 11.4 Å². The van der Waals surface area contributed by atoms with Gasteiger partial charge in [0.1, 0.15) is 5.82 Å². The number of H-pyrrole nitrogens is 1. The summed E-state index contributed by atoms with van der Waals surface area (Å²) >= 11 is 0. The van der Waals surface area contributed by atoms with Crippen molar-refractivity contribution in [3.63, 3.8) is 0 Å². The minimum absolute atomic E-state index is 0.170. The van der Waals surface area contributed by atoms with Gasteiger partial charge in [-0.15, -0.1) is 0 Å². The molecule has 1 heterocycles. The minimum Gasteiger partial charge on any atom is -0.378 e. The first kappa shape index (κ1) is 25.5. The Morgan fingerprint density at radius 2 is 1.13 bits per heavy atom. The predicted octanol–water partition coefficient (Wildman–Crippen LogP) is 5.87. The lowest BCUT2D eigenvalue weighted by atomic mass is 10.1. The molecule has 3 N–H and O–H groups in total. The number of anilines is 4. The second-order valence-electron chi connectivity index (χ2n) is 9.69. The highest BCUT2D eigenvalue weighted by Crippen LogP contribution is 2.24.